The van der Waals surface area contributed by atoms with Gasteiger partial charge in [0.05, 0.1) is 6.04 Å². The van der Waals surface area contributed by atoms with Crippen molar-refractivity contribution in [3.8, 4) is 0 Å². The first-order chi connectivity index (χ1) is 9.03. The van der Waals surface area contributed by atoms with Crippen LogP contribution in [-0.4, -0.2) is 16.9 Å². The van der Waals surface area contributed by atoms with E-state index in [1.54, 1.807) is 0 Å². The fourth-order valence-electron chi connectivity index (χ4n) is 1.74. The van der Waals surface area contributed by atoms with Gasteiger partial charge in [-0.1, -0.05) is 63.3 Å². The SMILES string of the molecule is CC(C)(C)/C=C/C(NCCCSO)c1ccccc1. The van der Waals surface area contributed by atoms with E-state index in [1.807, 2.05) is 6.07 Å². The molecular formula is C16H25NOS. The largest absolute Gasteiger partial charge is 0.330 e. The summed E-state index contributed by atoms with van der Waals surface area (Å²) in [6.45, 7) is 7.51. The predicted molar refractivity (Wildman–Crippen MR) is 85.5 cm³/mol. The van der Waals surface area contributed by atoms with Gasteiger partial charge < -0.3 is 9.87 Å². The van der Waals surface area contributed by atoms with E-state index < -0.39 is 0 Å². The standard InChI is InChI=1S/C16H25NOS/c1-16(2,3)11-10-15(17-12-7-13-19-18)14-8-5-4-6-9-14/h4-6,8-11,15,17-18H,7,12-13H2,1-3H3/b11-10+. The second-order valence-electron chi connectivity index (χ2n) is 5.75. The maximum atomic E-state index is 8.73. The molecule has 0 bridgehead atoms. The molecule has 0 aliphatic carbocycles. The Balaban J connectivity index is 2.66. The van der Waals surface area contributed by atoms with Gasteiger partial charge in [-0.2, -0.15) is 0 Å². The molecule has 2 N–H and O–H groups in total. The first-order valence-electron chi connectivity index (χ1n) is 6.77. The molecule has 3 heteroatoms. The van der Waals surface area contributed by atoms with Crippen molar-refractivity contribution < 1.29 is 4.55 Å². The topological polar surface area (TPSA) is 32.3 Å². The quantitative estimate of drug-likeness (QED) is 0.437. The van der Waals surface area contributed by atoms with Crippen LogP contribution >= 0.6 is 12.0 Å². The Labute approximate surface area is 121 Å². The molecule has 1 aromatic rings. The van der Waals surface area contributed by atoms with Crippen molar-refractivity contribution in [3.05, 3.63) is 48.0 Å². The molecule has 0 radical (unpaired) electrons. The van der Waals surface area contributed by atoms with E-state index in [9.17, 15) is 0 Å². The highest BCUT2D eigenvalue weighted by Gasteiger charge is 2.09. The summed E-state index contributed by atoms with van der Waals surface area (Å²) in [7, 11) is 0. The van der Waals surface area contributed by atoms with Crippen molar-refractivity contribution in [1.82, 2.24) is 5.32 Å². The average Bonchev–Trinajstić information content (AvgIpc) is 2.38. The Morgan fingerprint density at radius 1 is 1.26 bits per heavy atom. The zero-order chi connectivity index (χ0) is 14.1. The zero-order valence-electron chi connectivity index (χ0n) is 12.1. The molecule has 1 rings (SSSR count). The van der Waals surface area contributed by atoms with Crippen LogP contribution in [0.25, 0.3) is 0 Å². The third-order valence-corrected chi connectivity index (χ3v) is 3.20. The highest BCUT2D eigenvalue weighted by molar-refractivity contribution is 7.93. The molecule has 106 valence electrons. The third-order valence-electron chi connectivity index (χ3n) is 2.72. The van der Waals surface area contributed by atoms with Gasteiger partial charge in [-0.25, -0.2) is 0 Å². The summed E-state index contributed by atoms with van der Waals surface area (Å²) >= 11 is 0.909. The molecule has 0 saturated heterocycles. The van der Waals surface area contributed by atoms with Crippen LogP contribution in [0.5, 0.6) is 0 Å². The monoisotopic (exact) mass is 279 g/mol. The fraction of sp³-hybridized carbons (Fsp3) is 0.500. The smallest absolute Gasteiger partial charge is 0.0506 e. The lowest BCUT2D eigenvalue weighted by Crippen LogP contribution is -2.21. The summed E-state index contributed by atoms with van der Waals surface area (Å²) in [5.41, 5.74) is 1.47. The van der Waals surface area contributed by atoms with Crippen LogP contribution in [0.2, 0.25) is 0 Å². The lowest BCUT2D eigenvalue weighted by Gasteiger charge is -2.18. The van der Waals surface area contributed by atoms with Crippen molar-refractivity contribution in [1.29, 1.82) is 0 Å². The zero-order valence-corrected chi connectivity index (χ0v) is 12.9. The second kappa shape index (κ2) is 8.41. The predicted octanol–water partition coefficient (Wildman–Crippen LogP) is 4.52. The lowest BCUT2D eigenvalue weighted by atomic mass is 9.94. The number of nitrogens with one attached hydrogen (secondary N) is 1. The molecule has 1 atom stereocenters. The molecule has 0 aliphatic rings. The Hall–Kier alpha value is -0.770. The summed E-state index contributed by atoms with van der Waals surface area (Å²) in [6, 6.07) is 10.7. The third kappa shape index (κ3) is 7.41. The van der Waals surface area contributed by atoms with E-state index in [1.165, 1.54) is 5.56 Å². The minimum absolute atomic E-state index is 0.190. The highest BCUT2D eigenvalue weighted by Crippen LogP contribution is 2.20. The molecule has 1 aromatic carbocycles. The fourth-order valence-corrected chi connectivity index (χ4v) is 2.01. The summed E-state index contributed by atoms with van der Waals surface area (Å²) < 4.78 is 8.73. The lowest BCUT2D eigenvalue weighted by molar-refractivity contribution is 0.532. The van der Waals surface area contributed by atoms with Gasteiger partial charge in [0.15, 0.2) is 0 Å². The highest BCUT2D eigenvalue weighted by atomic mass is 32.2. The van der Waals surface area contributed by atoms with E-state index in [2.05, 4.69) is 62.5 Å². The number of rotatable bonds is 7. The molecule has 0 fully saturated rings. The summed E-state index contributed by atoms with van der Waals surface area (Å²) in [4.78, 5) is 0. The van der Waals surface area contributed by atoms with Gasteiger partial charge in [-0.3, -0.25) is 0 Å². The van der Waals surface area contributed by atoms with Gasteiger partial charge >= 0.3 is 0 Å². The Bertz CT molecular complexity index is 370. The first-order valence-corrected chi connectivity index (χ1v) is 7.71. The minimum atomic E-state index is 0.190. The molecule has 0 amide bonds. The Morgan fingerprint density at radius 2 is 1.95 bits per heavy atom. The molecule has 0 saturated carbocycles. The molecule has 0 aliphatic heterocycles. The van der Waals surface area contributed by atoms with Crippen LogP contribution < -0.4 is 5.32 Å². The maximum Gasteiger partial charge on any atom is 0.0506 e. The number of benzene rings is 1. The Morgan fingerprint density at radius 3 is 2.53 bits per heavy atom. The van der Waals surface area contributed by atoms with Crippen LogP contribution in [0.1, 0.15) is 38.8 Å². The van der Waals surface area contributed by atoms with E-state index in [4.69, 9.17) is 4.55 Å². The number of allylic oxidation sites excluding steroid dienone is 1. The van der Waals surface area contributed by atoms with Gasteiger partial charge in [-0.15, -0.1) is 0 Å². The van der Waals surface area contributed by atoms with E-state index in [0.29, 0.717) is 0 Å². The molecular weight excluding hydrogens is 254 g/mol. The molecule has 0 aromatic heterocycles. The van der Waals surface area contributed by atoms with Crippen molar-refractivity contribution in [3.63, 3.8) is 0 Å². The van der Waals surface area contributed by atoms with Crippen molar-refractivity contribution in [2.45, 2.75) is 33.2 Å². The van der Waals surface area contributed by atoms with E-state index >= 15 is 0 Å². The van der Waals surface area contributed by atoms with Gasteiger partial charge in [-0.05, 0) is 36.0 Å². The molecule has 1 unspecified atom stereocenters. The Kier molecular flexibility index (Phi) is 7.21. The van der Waals surface area contributed by atoms with E-state index in [-0.39, 0.29) is 11.5 Å². The number of hydrogen-bond acceptors (Lipinski definition) is 3. The summed E-state index contributed by atoms with van der Waals surface area (Å²) in [5, 5.41) is 3.53. The van der Waals surface area contributed by atoms with Gasteiger partial charge in [0.2, 0.25) is 0 Å². The normalized spacial score (nSPS) is 13.9. The van der Waals surface area contributed by atoms with Gasteiger partial charge in [0.1, 0.15) is 0 Å². The van der Waals surface area contributed by atoms with Crippen LogP contribution in [0.4, 0.5) is 0 Å². The molecule has 19 heavy (non-hydrogen) atoms. The average molecular weight is 279 g/mol. The molecule has 0 heterocycles. The number of hydrogen-bond donors (Lipinski definition) is 2. The van der Waals surface area contributed by atoms with E-state index in [0.717, 1.165) is 30.8 Å². The second-order valence-corrected chi connectivity index (χ2v) is 6.42. The van der Waals surface area contributed by atoms with Crippen molar-refractivity contribution in [2.75, 3.05) is 12.3 Å². The summed E-state index contributed by atoms with van der Waals surface area (Å²) in [5.74, 6) is 0.775. The van der Waals surface area contributed by atoms with Crippen LogP contribution in [0.3, 0.4) is 0 Å². The molecule has 0 spiro atoms. The maximum absolute atomic E-state index is 8.73. The van der Waals surface area contributed by atoms with Gasteiger partial charge in [0.25, 0.3) is 0 Å². The van der Waals surface area contributed by atoms with Crippen LogP contribution in [0.15, 0.2) is 42.5 Å². The van der Waals surface area contributed by atoms with Crippen LogP contribution in [-0.2, 0) is 0 Å². The minimum Gasteiger partial charge on any atom is -0.330 e. The summed E-state index contributed by atoms with van der Waals surface area (Å²) in [6.07, 6.45) is 5.45. The first kappa shape index (κ1) is 16.3. The van der Waals surface area contributed by atoms with Gasteiger partial charge in [0, 0.05) is 5.75 Å². The van der Waals surface area contributed by atoms with Crippen LogP contribution in [0, 0.1) is 5.41 Å². The molecule has 2 nitrogen and oxygen atoms in total. The van der Waals surface area contributed by atoms with Crippen molar-refractivity contribution in [2.24, 2.45) is 5.41 Å². The van der Waals surface area contributed by atoms with Crippen molar-refractivity contribution >= 4 is 12.0 Å².